The van der Waals surface area contributed by atoms with Crippen molar-refractivity contribution < 1.29 is 14.6 Å². The van der Waals surface area contributed by atoms with Crippen LogP contribution in [0.15, 0.2) is 6.20 Å². The van der Waals surface area contributed by atoms with Crippen LogP contribution in [0.1, 0.15) is 57.7 Å². The molecule has 0 aromatic carbocycles. The maximum absolute atomic E-state index is 12.5. The molecule has 1 aromatic heterocycles. The molecule has 2 aliphatic rings. The molecule has 6 heteroatoms. The summed E-state index contributed by atoms with van der Waals surface area (Å²) in [6, 6.07) is 0.0708. The summed E-state index contributed by atoms with van der Waals surface area (Å²) >= 11 is 0. The van der Waals surface area contributed by atoms with E-state index in [1.54, 1.807) is 4.68 Å². The molecule has 1 aromatic rings. The van der Waals surface area contributed by atoms with Crippen LogP contribution in [0.4, 0.5) is 4.79 Å². The Labute approximate surface area is 137 Å². The number of piperidine rings is 1. The van der Waals surface area contributed by atoms with Gasteiger partial charge in [0.05, 0.1) is 11.3 Å². The second-order valence-corrected chi connectivity index (χ2v) is 8.01. The SMILES string of the molecule is Cc1nn(C)cc1C1(O)CC2CCC(C1)N2C(=O)OC(C)(C)C. The molecule has 0 radical (unpaired) electrons. The number of aromatic nitrogens is 2. The third kappa shape index (κ3) is 2.96. The van der Waals surface area contributed by atoms with E-state index >= 15 is 0 Å². The second kappa shape index (κ2) is 5.23. The highest BCUT2D eigenvalue weighted by molar-refractivity contribution is 5.69. The average molecular weight is 321 g/mol. The molecule has 3 rings (SSSR count). The van der Waals surface area contributed by atoms with Crippen molar-refractivity contribution in [3.63, 3.8) is 0 Å². The molecular formula is C17H27N3O3. The lowest BCUT2D eigenvalue weighted by Crippen LogP contribution is -2.53. The van der Waals surface area contributed by atoms with E-state index in [0.717, 1.165) is 24.1 Å². The van der Waals surface area contributed by atoms with Crippen LogP contribution in [0.3, 0.4) is 0 Å². The Morgan fingerprint density at radius 1 is 1.35 bits per heavy atom. The Hall–Kier alpha value is -1.56. The number of rotatable bonds is 1. The largest absolute Gasteiger partial charge is 0.444 e. The average Bonchev–Trinajstić information content (AvgIpc) is 2.86. The van der Waals surface area contributed by atoms with E-state index in [1.165, 1.54) is 0 Å². The third-order valence-corrected chi connectivity index (χ3v) is 4.89. The van der Waals surface area contributed by atoms with Gasteiger partial charge in [0.1, 0.15) is 5.60 Å². The standard InChI is InChI=1S/C17H27N3O3/c1-11-14(10-19(5)18-11)17(22)8-12-6-7-13(9-17)20(12)15(21)23-16(2,3)4/h10,12-13,22H,6-9H2,1-5H3. The molecule has 6 nitrogen and oxygen atoms in total. The van der Waals surface area contributed by atoms with Gasteiger partial charge in [0.25, 0.3) is 0 Å². The molecule has 0 aliphatic carbocycles. The van der Waals surface area contributed by atoms with E-state index in [9.17, 15) is 9.90 Å². The van der Waals surface area contributed by atoms with Crippen molar-refractivity contribution in [2.45, 2.75) is 76.7 Å². The predicted molar refractivity (Wildman–Crippen MR) is 86.0 cm³/mol. The number of hydrogen-bond acceptors (Lipinski definition) is 4. The maximum Gasteiger partial charge on any atom is 0.410 e. The molecule has 2 atom stereocenters. The Morgan fingerprint density at radius 3 is 2.35 bits per heavy atom. The number of fused-ring (bicyclic) bond motifs is 2. The highest BCUT2D eigenvalue weighted by atomic mass is 16.6. The lowest BCUT2D eigenvalue weighted by molar-refractivity contribution is -0.0627. The summed E-state index contributed by atoms with van der Waals surface area (Å²) in [6.45, 7) is 7.57. The van der Waals surface area contributed by atoms with E-state index in [1.807, 2.05) is 45.8 Å². The number of aryl methyl sites for hydroxylation is 2. The van der Waals surface area contributed by atoms with Crippen molar-refractivity contribution in [1.82, 2.24) is 14.7 Å². The Balaban J connectivity index is 1.82. The second-order valence-electron chi connectivity index (χ2n) is 8.01. The molecule has 128 valence electrons. The van der Waals surface area contributed by atoms with Gasteiger partial charge in [0.15, 0.2) is 0 Å². The Bertz CT molecular complexity index is 603. The van der Waals surface area contributed by atoms with Gasteiger partial charge in [-0.05, 0) is 40.5 Å². The molecule has 3 heterocycles. The first-order valence-electron chi connectivity index (χ1n) is 8.33. The minimum absolute atomic E-state index is 0.0354. The highest BCUT2D eigenvalue weighted by Crippen LogP contribution is 2.46. The molecule has 2 aliphatic heterocycles. The van der Waals surface area contributed by atoms with Crippen LogP contribution >= 0.6 is 0 Å². The van der Waals surface area contributed by atoms with Gasteiger partial charge in [-0.25, -0.2) is 4.79 Å². The van der Waals surface area contributed by atoms with Crippen molar-refractivity contribution in [2.75, 3.05) is 0 Å². The number of carbonyl (C=O) groups excluding carboxylic acids is 1. The van der Waals surface area contributed by atoms with E-state index in [2.05, 4.69) is 5.10 Å². The number of carbonyl (C=O) groups is 1. The number of hydrogen-bond donors (Lipinski definition) is 1. The first kappa shape index (κ1) is 16.3. The monoisotopic (exact) mass is 321 g/mol. The van der Waals surface area contributed by atoms with Gasteiger partial charge in [-0.15, -0.1) is 0 Å². The molecule has 0 spiro atoms. The van der Waals surface area contributed by atoms with Gasteiger partial charge in [0.2, 0.25) is 0 Å². The Morgan fingerprint density at radius 2 is 1.91 bits per heavy atom. The van der Waals surface area contributed by atoms with Crippen molar-refractivity contribution in [3.05, 3.63) is 17.5 Å². The molecule has 2 bridgehead atoms. The summed E-state index contributed by atoms with van der Waals surface area (Å²) in [5.74, 6) is 0. The first-order valence-corrected chi connectivity index (χ1v) is 8.33. The third-order valence-electron chi connectivity index (χ3n) is 4.89. The van der Waals surface area contributed by atoms with Crippen molar-refractivity contribution in [3.8, 4) is 0 Å². The highest BCUT2D eigenvalue weighted by Gasteiger charge is 2.51. The number of aliphatic hydroxyl groups is 1. The van der Waals surface area contributed by atoms with E-state index in [0.29, 0.717) is 12.8 Å². The zero-order valence-corrected chi connectivity index (χ0v) is 14.7. The van der Waals surface area contributed by atoms with Gasteiger partial charge in [-0.3, -0.25) is 4.68 Å². The fourth-order valence-corrected chi connectivity index (χ4v) is 4.11. The summed E-state index contributed by atoms with van der Waals surface area (Å²) in [5, 5.41) is 15.6. The van der Waals surface area contributed by atoms with Crippen LogP contribution in [-0.4, -0.2) is 43.6 Å². The van der Waals surface area contributed by atoms with Crippen molar-refractivity contribution in [1.29, 1.82) is 0 Å². The summed E-state index contributed by atoms with van der Waals surface area (Å²) in [5.41, 5.74) is 0.355. The minimum Gasteiger partial charge on any atom is -0.444 e. The van der Waals surface area contributed by atoms with Gasteiger partial charge < -0.3 is 14.7 Å². The number of amides is 1. The summed E-state index contributed by atoms with van der Waals surface area (Å²) in [4.78, 5) is 14.4. The fourth-order valence-electron chi connectivity index (χ4n) is 4.11. The molecular weight excluding hydrogens is 294 g/mol. The number of ether oxygens (including phenoxy) is 1. The molecule has 1 amide bonds. The lowest BCUT2D eigenvalue weighted by atomic mass is 9.81. The van der Waals surface area contributed by atoms with Gasteiger partial charge >= 0.3 is 6.09 Å². The summed E-state index contributed by atoms with van der Waals surface area (Å²) in [6.07, 6.45) is 4.59. The maximum atomic E-state index is 12.5. The van der Waals surface area contributed by atoms with Gasteiger partial charge in [0, 0.05) is 43.7 Å². The van der Waals surface area contributed by atoms with E-state index in [-0.39, 0.29) is 18.2 Å². The molecule has 23 heavy (non-hydrogen) atoms. The minimum atomic E-state index is -0.900. The lowest BCUT2D eigenvalue weighted by Gasteiger charge is -2.43. The zero-order chi connectivity index (χ0) is 17.0. The molecule has 1 N–H and O–H groups in total. The van der Waals surface area contributed by atoms with Crippen LogP contribution in [0.25, 0.3) is 0 Å². The molecule has 0 saturated carbocycles. The van der Waals surface area contributed by atoms with Gasteiger partial charge in [-0.1, -0.05) is 0 Å². The van der Waals surface area contributed by atoms with E-state index in [4.69, 9.17) is 4.74 Å². The molecule has 2 fully saturated rings. The van der Waals surface area contributed by atoms with Crippen LogP contribution in [0.2, 0.25) is 0 Å². The van der Waals surface area contributed by atoms with E-state index < -0.39 is 11.2 Å². The summed E-state index contributed by atoms with van der Waals surface area (Å²) in [7, 11) is 1.87. The number of nitrogens with zero attached hydrogens (tertiary/aromatic N) is 3. The quantitative estimate of drug-likeness (QED) is 0.863. The smallest absolute Gasteiger partial charge is 0.410 e. The normalized spacial score (nSPS) is 30.6. The van der Waals surface area contributed by atoms with Crippen LogP contribution in [0.5, 0.6) is 0 Å². The topological polar surface area (TPSA) is 67.6 Å². The van der Waals surface area contributed by atoms with Crippen LogP contribution in [-0.2, 0) is 17.4 Å². The van der Waals surface area contributed by atoms with Gasteiger partial charge in [-0.2, -0.15) is 5.10 Å². The Kier molecular flexibility index (Phi) is 3.71. The zero-order valence-electron chi connectivity index (χ0n) is 14.7. The fraction of sp³-hybridized carbons (Fsp3) is 0.765. The van der Waals surface area contributed by atoms with Crippen LogP contribution < -0.4 is 0 Å². The first-order chi connectivity index (χ1) is 10.6. The van der Waals surface area contributed by atoms with Crippen molar-refractivity contribution in [2.24, 2.45) is 7.05 Å². The summed E-state index contributed by atoms with van der Waals surface area (Å²) < 4.78 is 7.29. The molecule has 2 saturated heterocycles. The predicted octanol–water partition coefficient (Wildman–Crippen LogP) is 2.48. The van der Waals surface area contributed by atoms with Crippen LogP contribution in [0, 0.1) is 6.92 Å². The van der Waals surface area contributed by atoms with Crippen molar-refractivity contribution >= 4 is 6.09 Å². The molecule has 2 unspecified atom stereocenters.